The molecule has 0 saturated carbocycles. The number of anilines is 1. The van der Waals surface area contributed by atoms with E-state index in [1.165, 1.54) is 56.7 Å². The quantitative estimate of drug-likeness (QED) is 0.426. The van der Waals surface area contributed by atoms with Crippen molar-refractivity contribution in [3.8, 4) is 11.5 Å². The van der Waals surface area contributed by atoms with Crippen molar-refractivity contribution in [3.63, 3.8) is 0 Å². The zero-order valence-electron chi connectivity index (χ0n) is 18.9. The highest BCUT2D eigenvalue weighted by Gasteiger charge is 2.29. The van der Waals surface area contributed by atoms with Gasteiger partial charge in [0, 0.05) is 36.0 Å². The van der Waals surface area contributed by atoms with Crippen LogP contribution >= 0.6 is 11.6 Å². The van der Waals surface area contributed by atoms with Crippen LogP contribution in [0, 0.1) is 11.6 Å². The molecule has 0 heterocycles. The number of halogens is 3. The fourth-order valence-corrected chi connectivity index (χ4v) is 5.23. The van der Waals surface area contributed by atoms with E-state index in [0.717, 1.165) is 16.4 Å². The maximum absolute atomic E-state index is 14.4. The number of carbonyl (C=O) groups excluding carboxylic acids is 1. The average Bonchev–Trinajstić information content (AvgIpc) is 2.81. The van der Waals surface area contributed by atoms with Crippen molar-refractivity contribution in [2.45, 2.75) is 17.7 Å². The number of carbonyl (C=O) groups is 1. The van der Waals surface area contributed by atoms with Crippen LogP contribution in [0.4, 0.5) is 14.5 Å². The summed E-state index contributed by atoms with van der Waals surface area (Å²) in [5.74, 6) is -1.82. The van der Waals surface area contributed by atoms with Crippen LogP contribution in [-0.2, 0) is 21.2 Å². The Morgan fingerprint density at radius 3 is 2.26 bits per heavy atom. The van der Waals surface area contributed by atoms with E-state index in [4.69, 9.17) is 26.8 Å². The van der Waals surface area contributed by atoms with Crippen molar-refractivity contribution in [1.82, 2.24) is 0 Å². The van der Waals surface area contributed by atoms with Gasteiger partial charge >= 0.3 is 0 Å². The number of ether oxygens (including phenoxy) is 2. The van der Waals surface area contributed by atoms with E-state index in [2.05, 4.69) is 0 Å². The molecule has 1 amide bonds. The topological polar surface area (TPSA) is 98.9 Å². The third-order valence-corrected chi connectivity index (χ3v) is 7.29. The van der Waals surface area contributed by atoms with Gasteiger partial charge in [-0.15, -0.1) is 0 Å². The molecule has 2 N–H and O–H groups in total. The van der Waals surface area contributed by atoms with Gasteiger partial charge in [0.2, 0.25) is 5.91 Å². The molecule has 3 rings (SSSR count). The molecular formula is C24H23ClF2N2O5S. The Morgan fingerprint density at radius 1 is 1.00 bits per heavy atom. The van der Waals surface area contributed by atoms with Crippen LogP contribution in [-0.4, -0.2) is 35.1 Å². The highest BCUT2D eigenvalue weighted by atomic mass is 35.5. The summed E-state index contributed by atoms with van der Waals surface area (Å²) in [4.78, 5) is 11.4. The summed E-state index contributed by atoms with van der Waals surface area (Å²) in [6.07, 6.45) is -0.592. The second-order valence-electron chi connectivity index (χ2n) is 7.46. The number of hydrogen-bond acceptors (Lipinski definition) is 5. The van der Waals surface area contributed by atoms with E-state index in [0.29, 0.717) is 5.75 Å². The zero-order chi connectivity index (χ0) is 25.8. The fourth-order valence-electron chi connectivity index (χ4n) is 3.52. The molecule has 0 aliphatic rings. The van der Waals surface area contributed by atoms with Crippen LogP contribution in [0.5, 0.6) is 11.5 Å². The molecule has 7 nitrogen and oxygen atoms in total. The van der Waals surface area contributed by atoms with Crippen molar-refractivity contribution in [3.05, 3.63) is 82.4 Å². The normalized spacial score (nSPS) is 11.2. The van der Waals surface area contributed by atoms with Gasteiger partial charge in [0.15, 0.2) is 11.5 Å². The van der Waals surface area contributed by atoms with Crippen molar-refractivity contribution >= 4 is 33.2 Å². The molecular weight excluding hydrogens is 502 g/mol. The molecule has 0 bridgehead atoms. The van der Waals surface area contributed by atoms with E-state index in [1.807, 2.05) is 0 Å². The zero-order valence-corrected chi connectivity index (χ0v) is 20.5. The molecule has 3 aromatic rings. The Labute approximate surface area is 207 Å². The third kappa shape index (κ3) is 5.83. The number of methoxy groups -OCH3 is 2. The first kappa shape index (κ1) is 26.2. The lowest BCUT2D eigenvalue weighted by Crippen LogP contribution is -2.35. The van der Waals surface area contributed by atoms with E-state index in [9.17, 15) is 22.0 Å². The molecule has 0 aromatic heterocycles. The Hall–Kier alpha value is -3.37. The highest BCUT2D eigenvalue weighted by molar-refractivity contribution is 7.92. The van der Waals surface area contributed by atoms with Gasteiger partial charge in [-0.05, 0) is 48.0 Å². The van der Waals surface area contributed by atoms with Crippen molar-refractivity contribution in [1.29, 1.82) is 0 Å². The number of benzene rings is 3. The van der Waals surface area contributed by atoms with Gasteiger partial charge in [0.1, 0.15) is 11.6 Å². The maximum Gasteiger partial charge on any atom is 0.264 e. The van der Waals surface area contributed by atoms with Crippen LogP contribution in [0.3, 0.4) is 0 Å². The summed E-state index contributed by atoms with van der Waals surface area (Å²) in [6.45, 7) is -0.319. The molecule has 0 unspecified atom stereocenters. The molecule has 0 fully saturated rings. The first-order valence-corrected chi connectivity index (χ1v) is 12.1. The number of sulfonamides is 1. The summed E-state index contributed by atoms with van der Waals surface area (Å²) in [5, 5.41) is 0.235. The average molecular weight is 525 g/mol. The fraction of sp³-hybridized carbons (Fsp3) is 0.208. The van der Waals surface area contributed by atoms with Crippen LogP contribution in [0.15, 0.2) is 59.5 Å². The molecule has 0 atom stereocenters. The first-order chi connectivity index (χ1) is 16.6. The van der Waals surface area contributed by atoms with Gasteiger partial charge in [-0.3, -0.25) is 9.10 Å². The summed E-state index contributed by atoms with van der Waals surface area (Å²) in [6, 6.07) is 11.7. The van der Waals surface area contributed by atoms with Crippen LogP contribution in [0.2, 0.25) is 5.02 Å². The number of amides is 1. The summed E-state index contributed by atoms with van der Waals surface area (Å²) in [5.41, 5.74) is 5.36. The van der Waals surface area contributed by atoms with Crippen molar-refractivity contribution < 1.29 is 31.5 Å². The minimum absolute atomic E-state index is 0.0908. The van der Waals surface area contributed by atoms with Gasteiger partial charge in [-0.2, -0.15) is 0 Å². The molecule has 0 spiro atoms. The summed E-state index contributed by atoms with van der Waals surface area (Å²) >= 11 is 6.14. The number of primary amides is 1. The lowest BCUT2D eigenvalue weighted by Gasteiger charge is -2.27. The van der Waals surface area contributed by atoms with Gasteiger partial charge in [-0.25, -0.2) is 17.2 Å². The SMILES string of the molecule is COc1ccc(S(=O)(=O)N(CCC(N)=O)c2ccc(Cl)cc2Cc2c(F)cccc2F)cc1OC. The Bertz CT molecular complexity index is 1330. The Balaban J connectivity index is 2.17. The van der Waals surface area contributed by atoms with E-state index < -0.39 is 27.6 Å². The number of hydrogen-bond donors (Lipinski definition) is 1. The molecule has 3 aromatic carbocycles. The smallest absolute Gasteiger partial charge is 0.264 e. The first-order valence-electron chi connectivity index (χ1n) is 10.3. The Kier molecular flexibility index (Phi) is 8.18. The number of nitrogens with two attached hydrogens (primary N) is 1. The third-order valence-electron chi connectivity index (χ3n) is 5.24. The largest absolute Gasteiger partial charge is 0.493 e. The monoisotopic (exact) mass is 524 g/mol. The molecule has 0 saturated heterocycles. The lowest BCUT2D eigenvalue weighted by molar-refractivity contribution is -0.117. The van der Waals surface area contributed by atoms with Crippen LogP contribution in [0.25, 0.3) is 0 Å². The van der Waals surface area contributed by atoms with Crippen LogP contribution < -0.4 is 19.5 Å². The number of rotatable bonds is 10. The maximum atomic E-state index is 14.4. The lowest BCUT2D eigenvalue weighted by atomic mass is 10.0. The second-order valence-corrected chi connectivity index (χ2v) is 9.76. The summed E-state index contributed by atoms with van der Waals surface area (Å²) < 4.78 is 67.6. The van der Waals surface area contributed by atoms with E-state index in [1.54, 1.807) is 0 Å². The minimum atomic E-state index is -4.30. The molecule has 0 aliphatic heterocycles. The summed E-state index contributed by atoms with van der Waals surface area (Å²) in [7, 11) is -1.53. The molecule has 11 heteroatoms. The Morgan fingerprint density at radius 2 is 1.66 bits per heavy atom. The predicted octanol–water partition coefficient (Wildman–Crippen LogP) is 4.30. The minimum Gasteiger partial charge on any atom is -0.493 e. The molecule has 35 heavy (non-hydrogen) atoms. The molecule has 186 valence electrons. The van der Waals surface area contributed by atoms with Crippen molar-refractivity contribution in [2.24, 2.45) is 5.73 Å². The second kappa shape index (κ2) is 10.9. The van der Waals surface area contributed by atoms with Gasteiger partial charge in [0.05, 0.1) is 24.8 Å². The van der Waals surface area contributed by atoms with Gasteiger partial charge in [0.25, 0.3) is 10.0 Å². The van der Waals surface area contributed by atoms with Gasteiger partial charge < -0.3 is 15.2 Å². The molecule has 0 aliphatic carbocycles. The molecule has 0 radical (unpaired) electrons. The predicted molar refractivity (Wildman–Crippen MR) is 129 cm³/mol. The number of nitrogens with zero attached hydrogens (tertiary/aromatic N) is 1. The van der Waals surface area contributed by atoms with Crippen molar-refractivity contribution in [2.75, 3.05) is 25.1 Å². The van der Waals surface area contributed by atoms with E-state index in [-0.39, 0.29) is 51.9 Å². The van der Waals surface area contributed by atoms with Gasteiger partial charge in [-0.1, -0.05) is 17.7 Å². The van der Waals surface area contributed by atoms with E-state index >= 15 is 0 Å². The highest BCUT2D eigenvalue weighted by Crippen LogP contribution is 2.35. The standard InChI is InChI=1S/C24H23ClF2N2O5S/c1-33-22-9-7-17(14-23(22)34-2)35(31,32)29(11-10-24(28)30)21-8-6-16(25)12-15(21)13-18-19(26)4-3-5-20(18)27/h3-9,12,14H,10-11,13H2,1-2H3,(H2,28,30). The van der Waals surface area contributed by atoms with Crippen LogP contribution in [0.1, 0.15) is 17.5 Å².